The largest absolute Gasteiger partial charge is 0.465 e. The number of benzene rings is 1. The Morgan fingerprint density at radius 3 is 2.59 bits per heavy atom. The predicted molar refractivity (Wildman–Crippen MR) is 61.5 cm³/mol. The van der Waals surface area contributed by atoms with Crippen LogP contribution in [0.5, 0.6) is 0 Å². The lowest BCUT2D eigenvalue weighted by molar-refractivity contribution is -0.147. The number of ether oxygens (including phenoxy) is 1. The summed E-state index contributed by atoms with van der Waals surface area (Å²) in [4.78, 5) is 23.1. The van der Waals surface area contributed by atoms with Crippen LogP contribution < -0.4 is 0 Å². The van der Waals surface area contributed by atoms with Crippen molar-refractivity contribution in [2.75, 3.05) is 6.61 Å². The maximum Gasteiger partial charge on any atom is 0.321 e. The highest BCUT2D eigenvalue weighted by Gasteiger charge is 2.31. The molecule has 3 nitrogen and oxygen atoms in total. The molecule has 0 aromatic heterocycles. The van der Waals surface area contributed by atoms with Gasteiger partial charge in [0.2, 0.25) is 0 Å². The monoisotopic (exact) mass is 258 g/mol. The van der Waals surface area contributed by atoms with E-state index in [0.29, 0.717) is 0 Å². The molecule has 17 heavy (non-hydrogen) atoms. The summed E-state index contributed by atoms with van der Waals surface area (Å²) in [5.41, 5.74) is -0.125. The Morgan fingerprint density at radius 2 is 2.12 bits per heavy atom. The molecule has 1 atom stereocenters. The Balaban J connectivity index is 3.23. The Kier molecular flexibility index (Phi) is 4.63. The van der Waals surface area contributed by atoms with Gasteiger partial charge in [-0.05, 0) is 26.0 Å². The highest BCUT2D eigenvalue weighted by molar-refractivity contribution is 6.32. The van der Waals surface area contributed by atoms with Crippen LogP contribution in [-0.4, -0.2) is 18.4 Å². The first-order valence-corrected chi connectivity index (χ1v) is 5.47. The second-order valence-corrected chi connectivity index (χ2v) is 3.84. The van der Waals surface area contributed by atoms with Crippen LogP contribution in [0.15, 0.2) is 18.2 Å². The van der Waals surface area contributed by atoms with Gasteiger partial charge in [-0.3, -0.25) is 9.59 Å². The normalized spacial score (nSPS) is 12.0. The van der Waals surface area contributed by atoms with Gasteiger partial charge in [-0.15, -0.1) is 0 Å². The van der Waals surface area contributed by atoms with Crippen LogP contribution in [0.1, 0.15) is 25.3 Å². The molecule has 1 rings (SSSR count). The van der Waals surface area contributed by atoms with Gasteiger partial charge in [0, 0.05) is 10.6 Å². The van der Waals surface area contributed by atoms with Crippen LogP contribution in [-0.2, 0) is 14.3 Å². The van der Waals surface area contributed by atoms with Crippen LogP contribution in [0.4, 0.5) is 4.39 Å². The smallest absolute Gasteiger partial charge is 0.321 e. The fourth-order valence-electron chi connectivity index (χ4n) is 1.50. The number of ketones is 1. The van der Waals surface area contributed by atoms with Crippen LogP contribution in [0.2, 0.25) is 5.02 Å². The highest BCUT2D eigenvalue weighted by Crippen LogP contribution is 2.29. The van der Waals surface area contributed by atoms with Gasteiger partial charge >= 0.3 is 5.97 Å². The fourth-order valence-corrected chi connectivity index (χ4v) is 1.77. The molecule has 0 saturated carbocycles. The van der Waals surface area contributed by atoms with Crippen LogP contribution in [0, 0.1) is 5.82 Å². The van der Waals surface area contributed by atoms with Crippen molar-refractivity contribution in [2.45, 2.75) is 19.8 Å². The van der Waals surface area contributed by atoms with Crippen LogP contribution >= 0.6 is 11.6 Å². The lowest BCUT2D eigenvalue weighted by Crippen LogP contribution is -2.23. The van der Waals surface area contributed by atoms with Crippen LogP contribution in [0.3, 0.4) is 0 Å². The van der Waals surface area contributed by atoms with E-state index in [1.54, 1.807) is 6.92 Å². The molecule has 1 aromatic carbocycles. The van der Waals surface area contributed by atoms with Crippen molar-refractivity contribution >= 4 is 23.4 Å². The number of hydrogen-bond acceptors (Lipinski definition) is 3. The molecule has 0 N–H and O–H groups in total. The fraction of sp³-hybridized carbons (Fsp3) is 0.333. The average molecular weight is 259 g/mol. The zero-order valence-electron chi connectivity index (χ0n) is 9.50. The number of hydrogen-bond donors (Lipinski definition) is 0. The first-order valence-electron chi connectivity index (χ1n) is 5.10. The molecule has 0 aliphatic rings. The summed E-state index contributed by atoms with van der Waals surface area (Å²) in [6, 6.07) is 3.98. The van der Waals surface area contributed by atoms with Gasteiger partial charge in [0.05, 0.1) is 6.61 Å². The van der Waals surface area contributed by atoms with Crippen molar-refractivity contribution in [1.29, 1.82) is 0 Å². The lowest BCUT2D eigenvalue weighted by Gasteiger charge is -2.14. The number of carbonyl (C=O) groups excluding carboxylic acids is 2. The summed E-state index contributed by atoms with van der Waals surface area (Å²) in [5.74, 6) is -3.28. The molecule has 5 heteroatoms. The van der Waals surface area contributed by atoms with Crippen LogP contribution in [0.25, 0.3) is 0 Å². The van der Waals surface area contributed by atoms with Crippen molar-refractivity contribution in [3.05, 3.63) is 34.6 Å². The van der Waals surface area contributed by atoms with Gasteiger partial charge in [-0.25, -0.2) is 4.39 Å². The van der Waals surface area contributed by atoms with Crippen molar-refractivity contribution in [3.8, 4) is 0 Å². The Morgan fingerprint density at radius 1 is 1.47 bits per heavy atom. The molecule has 0 saturated heterocycles. The van der Waals surface area contributed by atoms with Gasteiger partial charge in [-0.2, -0.15) is 0 Å². The molecule has 0 bridgehead atoms. The third-order valence-corrected chi connectivity index (χ3v) is 2.55. The molecule has 0 fully saturated rings. The second-order valence-electron chi connectivity index (χ2n) is 3.43. The predicted octanol–water partition coefficient (Wildman–Crippen LogP) is 2.71. The maximum atomic E-state index is 13.6. The number of halogens is 2. The lowest BCUT2D eigenvalue weighted by atomic mass is 9.95. The summed E-state index contributed by atoms with van der Waals surface area (Å²) in [7, 11) is 0. The number of carbonyl (C=O) groups is 2. The van der Waals surface area contributed by atoms with E-state index in [2.05, 4.69) is 0 Å². The molecule has 0 amide bonds. The number of esters is 1. The van der Waals surface area contributed by atoms with E-state index in [4.69, 9.17) is 16.3 Å². The molecule has 0 spiro atoms. The van der Waals surface area contributed by atoms with Crippen molar-refractivity contribution in [3.63, 3.8) is 0 Å². The van der Waals surface area contributed by atoms with E-state index < -0.39 is 23.5 Å². The minimum atomic E-state index is -1.30. The zero-order chi connectivity index (χ0) is 13.0. The Labute approximate surface area is 104 Å². The standard InChI is InChI=1S/C12H12ClFO3/c1-3-17-12(16)10(7(2)15)11-8(13)5-4-6-9(11)14/h4-6,10H,3H2,1-2H3. The second kappa shape index (κ2) is 5.77. The molecular weight excluding hydrogens is 247 g/mol. The van der Waals surface area contributed by atoms with Gasteiger partial charge in [-0.1, -0.05) is 17.7 Å². The summed E-state index contributed by atoms with van der Waals surface area (Å²) in [6.07, 6.45) is 0. The van der Waals surface area contributed by atoms with E-state index in [9.17, 15) is 14.0 Å². The topological polar surface area (TPSA) is 43.4 Å². The molecule has 1 aromatic rings. The molecule has 1 unspecified atom stereocenters. The van der Waals surface area contributed by atoms with Crippen molar-refractivity contribution < 1.29 is 18.7 Å². The third kappa shape index (κ3) is 3.03. The first kappa shape index (κ1) is 13.6. The Bertz CT molecular complexity index is 425. The van der Waals surface area contributed by atoms with Crippen molar-refractivity contribution in [2.24, 2.45) is 0 Å². The Hall–Kier alpha value is -1.42. The zero-order valence-corrected chi connectivity index (χ0v) is 10.3. The molecular formula is C12H12ClFO3. The summed E-state index contributed by atoms with van der Waals surface area (Å²) < 4.78 is 18.4. The quantitative estimate of drug-likeness (QED) is 0.616. The number of Topliss-reactive ketones (excluding diaryl/α,β-unsaturated/α-hetero) is 1. The minimum absolute atomic E-state index is 0.0400. The summed E-state index contributed by atoms with van der Waals surface area (Å²) in [5, 5.41) is 0.0400. The van der Waals surface area contributed by atoms with E-state index in [0.717, 1.165) is 6.07 Å². The number of rotatable bonds is 4. The van der Waals surface area contributed by atoms with Gasteiger partial charge in [0.15, 0.2) is 0 Å². The molecule has 0 heterocycles. The van der Waals surface area contributed by atoms with E-state index >= 15 is 0 Å². The minimum Gasteiger partial charge on any atom is -0.465 e. The first-order chi connectivity index (χ1) is 7.99. The van der Waals surface area contributed by atoms with E-state index in [1.807, 2.05) is 0 Å². The SMILES string of the molecule is CCOC(=O)C(C(C)=O)c1c(F)cccc1Cl. The summed E-state index contributed by atoms with van der Waals surface area (Å²) >= 11 is 5.81. The van der Waals surface area contributed by atoms with Gasteiger partial charge in [0.25, 0.3) is 0 Å². The molecule has 0 aliphatic carbocycles. The van der Waals surface area contributed by atoms with E-state index in [-0.39, 0.29) is 17.2 Å². The van der Waals surface area contributed by atoms with Crippen molar-refractivity contribution in [1.82, 2.24) is 0 Å². The average Bonchev–Trinajstić information content (AvgIpc) is 2.23. The maximum absolute atomic E-state index is 13.6. The highest BCUT2D eigenvalue weighted by atomic mass is 35.5. The third-order valence-electron chi connectivity index (χ3n) is 2.22. The molecule has 0 aliphatic heterocycles. The molecule has 92 valence electrons. The summed E-state index contributed by atoms with van der Waals surface area (Å²) in [6.45, 7) is 2.93. The van der Waals surface area contributed by atoms with E-state index in [1.165, 1.54) is 19.1 Å². The molecule has 0 radical (unpaired) electrons. The van der Waals surface area contributed by atoms with Gasteiger partial charge in [0.1, 0.15) is 17.5 Å². The van der Waals surface area contributed by atoms with Gasteiger partial charge < -0.3 is 4.74 Å².